The van der Waals surface area contributed by atoms with E-state index in [4.69, 9.17) is 10.00 Å². The fraction of sp³-hybridized carbons (Fsp3) is 0.182. The third kappa shape index (κ3) is 4.33. The van der Waals surface area contributed by atoms with E-state index in [9.17, 15) is 9.59 Å². The molecule has 0 spiro atoms. The number of rotatable bonds is 6. The first-order valence-corrected chi connectivity index (χ1v) is 9.04. The van der Waals surface area contributed by atoms with Gasteiger partial charge in [0.25, 0.3) is 5.91 Å². The van der Waals surface area contributed by atoms with Crippen molar-refractivity contribution < 1.29 is 14.3 Å². The van der Waals surface area contributed by atoms with Gasteiger partial charge >= 0.3 is 5.97 Å². The summed E-state index contributed by atoms with van der Waals surface area (Å²) in [6.07, 6.45) is 0. The van der Waals surface area contributed by atoms with Gasteiger partial charge in [-0.15, -0.1) is 0 Å². The number of carbonyl (C=O) groups is 2. The Bertz CT molecular complexity index is 1050. The molecule has 0 saturated carbocycles. The number of anilines is 1. The van der Waals surface area contributed by atoms with E-state index in [1.54, 1.807) is 42.8 Å². The highest BCUT2D eigenvalue weighted by molar-refractivity contribution is 5.98. The van der Waals surface area contributed by atoms with Crippen LogP contribution < -0.4 is 4.90 Å². The van der Waals surface area contributed by atoms with Crippen molar-refractivity contribution in [2.75, 3.05) is 18.1 Å². The molecule has 0 unspecified atom stereocenters. The summed E-state index contributed by atoms with van der Waals surface area (Å²) in [6.45, 7) is 2.89. The zero-order valence-electron chi connectivity index (χ0n) is 16.2. The Labute approximate surface area is 168 Å². The van der Waals surface area contributed by atoms with Gasteiger partial charge in [-0.05, 0) is 38.1 Å². The lowest BCUT2D eigenvalue weighted by atomic mass is 10.2. The average Bonchev–Trinajstić information content (AvgIpc) is 3.05. The van der Waals surface area contributed by atoms with Crippen LogP contribution in [0, 0.1) is 25.2 Å². The Morgan fingerprint density at radius 1 is 1.07 bits per heavy atom. The van der Waals surface area contributed by atoms with Gasteiger partial charge in [0.2, 0.25) is 0 Å². The van der Waals surface area contributed by atoms with Gasteiger partial charge in [0.05, 0.1) is 23.1 Å². The third-order valence-electron chi connectivity index (χ3n) is 4.42. The summed E-state index contributed by atoms with van der Waals surface area (Å²) in [5.74, 6) is -1.10. The lowest BCUT2D eigenvalue weighted by molar-refractivity contribution is -0.121. The van der Waals surface area contributed by atoms with Crippen LogP contribution in [-0.2, 0) is 9.53 Å². The van der Waals surface area contributed by atoms with Gasteiger partial charge < -0.3 is 4.74 Å². The molecule has 7 heteroatoms. The molecule has 0 N–H and O–H groups in total. The van der Waals surface area contributed by atoms with E-state index in [1.165, 1.54) is 4.90 Å². The molecule has 0 radical (unpaired) electrons. The van der Waals surface area contributed by atoms with Crippen molar-refractivity contribution in [3.63, 3.8) is 0 Å². The Kier molecular flexibility index (Phi) is 6.05. The molecule has 3 aromatic rings. The normalized spacial score (nSPS) is 10.2. The van der Waals surface area contributed by atoms with Crippen molar-refractivity contribution in [3.8, 4) is 11.8 Å². The van der Waals surface area contributed by atoms with Crippen molar-refractivity contribution in [2.24, 2.45) is 0 Å². The topological polar surface area (TPSA) is 88.2 Å². The number of carbonyl (C=O) groups excluding carboxylic acids is 2. The molecule has 2 aromatic carbocycles. The van der Waals surface area contributed by atoms with Crippen LogP contribution >= 0.6 is 0 Å². The lowest BCUT2D eigenvalue weighted by Crippen LogP contribution is -2.35. The first-order chi connectivity index (χ1) is 14.0. The number of hydrogen-bond donors (Lipinski definition) is 0. The summed E-state index contributed by atoms with van der Waals surface area (Å²) in [5, 5.41) is 13.4. The molecule has 0 aliphatic carbocycles. The van der Waals surface area contributed by atoms with Gasteiger partial charge in [-0.25, -0.2) is 9.48 Å². The summed E-state index contributed by atoms with van der Waals surface area (Å²) in [7, 11) is 0. The fourth-order valence-corrected chi connectivity index (χ4v) is 3.04. The first kappa shape index (κ1) is 19.8. The maximum atomic E-state index is 12.6. The minimum atomic E-state index is -0.625. The fourth-order valence-electron chi connectivity index (χ4n) is 3.04. The molecule has 0 atom stereocenters. The molecule has 0 saturated heterocycles. The molecule has 146 valence electrons. The van der Waals surface area contributed by atoms with Gasteiger partial charge in [0, 0.05) is 5.69 Å². The molecule has 1 amide bonds. The van der Waals surface area contributed by atoms with Crippen molar-refractivity contribution >= 4 is 17.6 Å². The van der Waals surface area contributed by atoms with Gasteiger partial charge in [0.15, 0.2) is 6.61 Å². The number of nitriles is 1. The van der Waals surface area contributed by atoms with Gasteiger partial charge in [-0.2, -0.15) is 10.4 Å². The van der Waals surface area contributed by atoms with E-state index in [-0.39, 0.29) is 6.54 Å². The summed E-state index contributed by atoms with van der Waals surface area (Å²) >= 11 is 0. The van der Waals surface area contributed by atoms with E-state index in [2.05, 4.69) is 5.10 Å². The summed E-state index contributed by atoms with van der Waals surface area (Å²) in [4.78, 5) is 26.5. The second-order valence-corrected chi connectivity index (χ2v) is 6.34. The van der Waals surface area contributed by atoms with Crippen molar-refractivity contribution in [1.82, 2.24) is 9.78 Å². The predicted octanol–water partition coefficient (Wildman–Crippen LogP) is 3.20. The van der Waals surface area contributed by atoms with Crippen molar-refractivity contribution in [2.45, 2.75) is 13.8 Å². The molecular weight excluding hydrogens is 368 g/mol. The van der Waals surface area contributed by atoms with Crippen LogP contribution in [0.4, 0.5) is 5.69 Å². The molecule has 0 bridgehead atoms. The van der Waals surface area contributed by atoms with Crippen LogP contribution in [0.15, 0.2) is 60.7 Å². The van der Waals surface area contributed by atoms with E-state index in [0.29, 0.717) is 22.6 Å². The number of amides is 1. The number of benzene rings is 2. The molecule has 0 aliphatic rings. The van der Waals surface area contributed by atoms with Gasteiger partial charge in [-0.3, -0.25) is 9.69 Å². The smallest absolute Gasteiger partial charge is 0.342 e. The quantitative estimate of drug-likeness (QED) is 0.478. The van der Waals surface area contributed by atoms with Crippen LogP contribution in [0.2, 0.25) is 0 Å². The van der Waals surface area contributed by atoms with Crippen LogP contribution in [0.1, 0.15) is 21.7 Å². The molecule has 0 fully saturated rings. The second-order valence-electron chi connectivity index (χ2n) is 6.34. The number of nitrogens with zero attached hydrogens (tertiary/aromatic N) is 4. The number of aryl methyl sites for hydroxylation is 1. The lowest BCUT2D eigenvalue weighted by Gasteiger charge is -2.19. The number of para-hydroxylation sites is 2. The molecule has 1 aromatic heterocycles. The Morgan fingerprint density at radius 3 is 2.31 bits per heavy atom. The number of ether oxygens (including phenoxy) is 1. The molecular formula is C22H20N4O3. The first-order valence-electron chi connectivity index (χ1n) is 9.04. The van der Waals surface area contributed by atoms with Crippen molar-refractivity contribution in [3.05, 3.63) is 77.6 Å². The highest BCUT2D eigenvalue weighted by atomic mass is 16.5. The zero-order valence-corrected chi connectivity index (χ0v) is 16.2. The Hall–Kier alpha value is -3.92. The van der Waals surface area contributed by atoms with E-state index < -0.39 is 18.5 Å². The van der Waals surface area contributed by atoms with Gasteiger partial charge in [-0.1, -0.05) is 36.4 Å². The van der Waals surface area contributed by atoms with E-state index in [0.717, 1.165) is 5.69 Å². The van der Waals surface area contributed by atoms with Crippen LogP contribution in [-0.4, -0.2) is 34.8 Å². The van der Waals surface area contributed by atoms with E-state index >= 15 is 0 Å². The number of esters is 1. The number of hydrogen-bond acceptors (Lipinski definition) is 5. The van der Waals surface area contributed by atoms with Crippen LogP contribution in [0.3, 0.4) is 0 Å². The van der Waals surface area contributed by atoms with Crippen molar-refractivity contribution in [1.29, 1.82) is 5.26 Å². The Balaban J connectivity index is 1.75. The molecule has 29 heavy (non-hydrogen) atoms. The number of aromatic nitrogens is 2. The monoisotopic (exact) mass is 388 g/mol. The molecule has 3 rings (SSSR count). The molecule has 1 heterocycles. The average molecular weight is 388 g/mol. The Morgan fingerprint density at radius 2 is 1.69 bits per heavy atom. The van der Waals surface area contributed by atoms with Crippen LogP contribution in [0.25, 0.3) is 5.69 Å². The maximum absolute atomic E-state index is 12.6. The highest BCUT2D eigenvalue weighted by Crippen LogP contribution is 2.19. The largest absolute Gasteiger partial charge is 0.452 e. The molecule has 0 aliphatic heterocycles. The third-order valence-corrected chi connectivity index (χ3v) is 4.42. The maximum Gasteiger partial charge on any atom is 0.342 e. The summed E-state index contributed by atoms with van der Waals surface area (Å²) < 4.78 is 6.92. The second kappa shape index (κ2) is 8.85. The van der Waals surface area contributed by atoms with Gasteiger partial charge in [0.1, 0.15) is 12.1 Å². The predicted molar refractivity (Wildman–Crippen MR) is 108 cm³/mol. The SMILES string of the molecule is Cc1nn(-c2ccccc2)c(C)c1C(=O)OCC(=O)N(CC#N)c1ccccc1. The highest BCUT2D eigenvalue weighted by Gasteiger charge is 2.23. The summed E-state index contributed by atoms with van der Waals surface area (Å²) in [5.41, 5.74) is 2.86. The zero-order chi connectivity index (χ0) is 20.8. The molecule has 7 nitrogen and oxygen atoms in total. The summed E-state index contributed by atoms with van der Waals surface area (Å²) in [6, 6.07) is 20.2. The standard InChI is InChI=1S/C22H20N4O3/c1-16-21(17(2)26(24-16)19-11-7-4-8-12-19)22(28)29-15-20(27)25(14-13-23)18-9-5-3-6-10-18/h3-12H,14-15H2,1-2H3. The van der Waals surface area contributed by atoms with E-state index in [1.807, 2.05) is 42.5 Å². The minimum absolute atomic E-state index is 0.135. The van der Waals surface area contributed by atoms with Crippen LogP contribution in [0.5, 0.6) is 0 Å². The minimum Gasteiger partial charge on any atom is -0.452 e.